The van der Waals surface area contributed by atoms with Gasteiger partial charge in [-0.1, -0.05) is 11.6 Å². The highest BCUT2D eigenvalue weighted by atomic mass is 35.5. The Morgan fingerprint density at radius 1 is 1.28 bits per heavy atom. The maximum atomic E-state index is 15.0. The van der Waals surface area contributed by atoms with Gasteiger partial charge in [-0.25, -0.2) is 27.0 Å². The maximum absolute atomic E-state index is 15.0. The van der Waals surface area contributed by atoms with Gasteiger partial charge in [0.25, 0.3) is 5.91 Å². The van der Waals surface area contributed by atoms with Crippen molar-refractivity contribution in [3.63, 3.8) is 0 Å². The van der Waals surface area contributed by atoms with Crippen LogP contribution in [0.15, 0.2) is 30.6 Å². The highest BCUT2D eigenvalue weighted by Crippen LogP contribution is 2.35. The highest BCUT2D eigenvalue weighted by Gasteiger charge is 2.45. The van der Waals surface area contributed by atoms with E-state index in [1.807, 2.05) is 0 Å². The Labute approximate surface area is 212 Å². The van der Waals surface area contributed by atoms with Gasteiger partial charge in [-0.05, 0) is 38.1 Å². The number of rotatable bonds is 6. The number of benzene rings is 1. The molecule has 1 aromatic carbocycles. The number of hydrogen-bond acceptors (Lipinski definition) is 7. The third-order valence-corrected chi connectivity index (χ3v) is 7.08. The number of nitrogens with one attached hydrogen (secondary N) is 1. The van der Waals surface area contributed by atoms with Crippen molar-refractivity contribution in [3.05, 3.63) is 41.4 Å². The lowest BCUT2D eigenvalue weighted by atomic mass is 9.96. The molecule has 0 aliphatic carbocycles. The van der Waals surface area contributed by atoms with E-state index in [2.05, 4.69) is 14.8 Å². The van der Waals surface area contributed by atoms with E-state index >= 15 is 0 Å². The molecule has 11 nitrogen and oxygen atoms in total. The second-order valence-corrected chi connectivity index (χ2v) is 11.2. The number of anilines is 2. The van der Waals surface area contributed by atoms with Crippen molar-refractivity contribution >= 4 is 50.5 Å². The summed E-state index contributed by atoms with van der Waals surface area (Å²) in [5.41, 5.74) is 6.17. The first-order valence-electron chi connectivity index (χ1n) is 11.0. The van der Waals surface area contributed by atoms with Crippen LogP contribution in [0.2, 0.25) is 5.02 Å². The van der Waals surface area contributed by atoms with E-state index in [1.54, 1.807) is 26.0 Å². The molecule has 3 heterocycles. The normalized spacial score (nSPS) is 16.1. The smallest absolute Gasteiger partial charge is 0.252 e. The third-order valence-electron chi connectivity index (χ3n) is 6.06. The number of nitrogens with two attached hydrogens (primary N) is 1. The SMILES string of the molecule is CC1(C)C(=O)N(c2cc(-c3cc(Cl)c4c(N)ncnn34)ccc2F)CCN1C(=O)CCNS(C)(=O)=O. The van der Waals surface area contributed by atoms with E-state index in [1.165, 1.54) is 32.8 Å². The largest absolute Gasteiger partial charge is 0.382 e. The molecular formula is C22H25ClFN7O4S. The van der Waals surface area contributed by atoms with Crippen molar-refractivity contribution in [1.82, 2.24) is 24.2 Å². The van der Waals surface area contributed by atoms with Gasteiger partial charge in [-0.3, -0.25) is 9.59 Å². The number of fused-ring (bicyclic) bond motifs is 1. The van der Waals surface area contributed by atoms with Crippen LogP contribution in [0, 0.1) is 5.82 Å². The first-order valence-corrected chi connectivity index (χ1v) is 13.2. The first kappa shape index (κ1) is 25.8. The Bertz CT molecular complexity index is 1470. The summed E-state index contributed by atoms with van der Waals surface area (Å²) in [6, 6.07) is 5.94. The van der Waals surface area contributed by atoms with Gasteiger partial charge in [0.05, 0.1) is 22.7 Å². The number of halogens is 2. The third kappa shape index (κ3) is 4.73. The van der Waals surface area contributed by atoms with E-state index < -0.39 is 27.3 Å². The quantitative estimate of drug-likeness (QED) is 0.486. The van der Waals surface area contributed by atoms with Crippen molar-refractivity contribution in [2.45, 2.75) is 25.8 Å². The highest BCUT2D eigenvalue weighted by molar-refractivity contribution is 7.88. The zero-order valence-electron chi connectivity index (χ0n) is 19.8. The number of carbonyl (C=O) groups is 2. The predicted molar refractivity (Wildman–Crippen MR) is 133 cm³/mol. The molecule has 1 aliphatic heterocycles. The number of sulfonamides is 1. The fraction of sp³-hybridized carbons (Fsp3) is 0.364. The summed E-state index contributed by atoms with van der Waals surface area (Å²) in [5.74, 6) is -1.28. The predicted octanol–water partition coefficient (Wildman–Crippen LogP) is 1.66. The molecular weight excluding hydrogens is 513 g/mol. The van der Waals surface area contributed by atoms with E-state index in [4.69, 9.17) is 17.3 Å². The van der Waals surface area contributed by atoms with Crippen molar-refractivity contribution in [1.29, 1.82) is 0 Å². The minimum Gasteiger partial charge on any atom is -0.382 e. The zero-order valence-corrected chi connectivity index (χ0v) is 21.4. The lowest BCUT2D eigenvalue weighted by molar-refractivity contribution is -0.147. The van der Waals surface area contributed by atoms with E-state index in [0.717, 1.165) is 6.26 Å². The maximum Gasteiger partial charge on any atom is 0.252 e. The molecule has 1 aliphatic rings. The molecule has 4 rings (SSSR count). The fourth-order valence-corrected chi connectivity index (χ4v) is 5.03. The molecule has 2 amide bonds. The van der Waals surface area contributed by atoms with Gasteiger partial charge in [0.15, 0.2) is 5.82 Å². The van der Waals surface area contributed by atoms with Gasteiger partial charge in [0, 0.05) is 31.6 Å². The Morgan fingerprint density at radius 2 is 2.00 bits per heavy atom. The number of nitrogen functional groups attached to an aromatic ring is 1. The van der Waals surface area contributed by atoms with E-state index in [0.29, 0.717) is 21.8 Å². The zero-order chi connectivity index (χ0) is 26.4. The second-order valence-electron chi connectivity index (χ2n) is 8.93. The van der Waals surface area contributed by atoms with Crippen LogP contribution in [-0.2, 0) is 19.6 Å². The molecule has 0 radical (unpaired) electrons. The molecule has 0 bridgehead atoms. The molecule has 192 valence electrons. The first-order chi connectivity index (χ1) is 16.8. The summed E-state index contributed by atoms with van der Waals surface area (Å²) in [6.07, 6.45) is 2.17. The number of hydrogen-bond donors (Lipinski definition) is 2. The molecule has 1 saturated heterocycles. The molecule has 3 aromatic rings. The summed E-state index contributed by atoms with van der Waals surface area (Å²) in [4.78, 5) is 32.8. The number of nitrogens with zero attached hydrogens (tertiary/aromatic N) is 5. The van der Waals surface area contributed by atoms with Crippen molar-refractivity contribution < 1.29 is 22.4 Å². The average molecular weight is 538 g/mol. The Kier molecular flexibility index (Phi) is 6.66. The van der Waals surface area contributed by atoms with Crippen molar-refractivity contribution in [3.8, 4) is 11.3 Å². The van der Waals surface area contributed by atoms with Gasteiger partial charge in [-0.2, -0.15) is 5.10 Å². The standard InChI is InChI=1S/C22H25ClFN7O4S/c1-22(2)21(33)29(8-9-30(22)18(32)6-7-28-36(3,34)35)17-10-13(4-5-15(17)24)16-11-14(23)19-20(25)26-12-27-31(16)19/h4-5,10-12,28H,6-9H2,1-3H3,(H2,25,26,27). The summed E-state index contributed by atoms with van der Waals surface area (Å²) >= 11 is 6.33. The molecule has 0 saturated carbocycles. The minimum absolute atomic E-state index is 0.0458. The monoisotopic (exact) mass is 537 g/mol. The fourth-order valence-electron chi connectivity index (χ4n) is 4.28. The van der Waals surface area contributed by atoms with Gasteiger partial charge < -0.3 is 15.5 Å². The van der Waals surface area contributed by atoms with Crippen LogP contribution in [-0.4, -0.2) is 71.2 Å². The lowest BCUT2D eigenvalue weighted by Gasteiger charge is -2.46. The Morgan fingerprint density at radius 3 is 2.69 bits per heavy atom. The molecule has 2 aromatic heterocycles. The van der Waals surface area contributed by atoms with E-state index in [-0.39, 0.29) is 43.5 Å². The van der Waals surface area contributed by atoms with Crippen LogP contribution in [0.1, 0.15) is 20.3 Å². The Balaban J connectivity index is 1.62. The molecule has 0 atom stereocenters. The van der Waals surface area contributed by atoms with Crippen LogP contribution >= 0.6 is 11.6 Å². The van der Waals surface area contributed by atoms with Crippen molar-refractivity contribution in [2.75, 3.05) is 36.5 Å². The van der Waals surface area contributed by atoms with Gasteiger partial charge >= 0.3 is 0 Å². The summed E-state index contributed by atoms with van der Waals surface area (Å²) < 4.78 is 41.3. The van der Waals surface area contributed by atoms with Crippen LogP contribution < -0.4 is 15.4 Å². The topological polar surface area (TPSA) is 143 Å². The summed E-state index contributed by atoms with van der Waals surface area (Å²) in [5, 5.41) is 4.51. The molecule has 36 heavy (non-hydrogen) atoms. The van der Waals surface area contributed by atoms with Gasteiger partial charge in [0.1, 0.15) is 23.2 Å². The minimum atomic E-state index is -3.44. The number of piperazine rings is 1. The molecule has 14 heteroatoms. The second kappa shape index (κ2) is 9.30. The summed E-state index contributed by atoms with van der Waals surface area (Å²) in [6.45, 7) is 3.26. The lowest BCUT2D eigenvalue weighted by Crippen LogP contribution is -2.65. The van der Waals surface area contributed by atoms with Crippen molar-refractivity contribution in [2.24, 2.45) is 0 Å². The van der Waals surface area contributed by atoms with Gasteiger partial charge in [-0.15, -0.1) is 0 Å². The summed E-state index contributed by atoms with van der Waals surface area (Å²) in [7, 11) is -3.44. The number of aromatic nitrogens is 3. The van der Waals surface area contributed by atoms with E-state index in [9.17, 15) is 22.4 Å². The van der Waals surface area contributed by atoms with Crippen LogP contribution in [0.4, 0.5) is 15.9 Å². The van der Waals surface area contributed by atoms with Crippen LogP contribution in [0.3, 0.4) is 0 Å². The average Bonchev–Trinajstić information content (AvgIpc) is 3.13. The molecule has 3 N–H and O–H groups in total. The van der Waals surface area contributed by atoms with Crippen LogP contribution in [0.5, 0.6) is 0 Å². The van der Waals surface area contributed by atoms with Gasteiger partial charge in [0.2, 0.25) is 15.9 Å². The van der Waals surface area contributed by atoms with Crippen LogP contribution in [0.25, 0.3) is 16.8 Å². The Hall–Kier alpha value is -3.29. The number of amides is 2. The number of carbonyl (C=O) groups excluding carboxylic acids is 2. The molecule has 0 unspecified atom stereocenters. The molecule has 1 fully saturated rings. The molecule has 0 spiro atoms.